The van der Waals surface area contributed by atoms with Crippen molar-refractivity contribution in [2.45, 2.75) is 25.4 Å². The Morgan fingerprint density at radius 1 is 1.06 bits per heavy atom. The molecule has 1 aliphatic rings. The lowest BCUT2D eigenvalue weighted by Crippen LogP contribution is -2.21. The van der Waals surface area contributed by atoms with Gasteiger partial charge in [-0.25, -0.2) is 13.9 Å². The van der Waals surface area contributed by atoms with Gasteiger partial charge in [-0.15, -0.1) is 0 Å². The fourth-order valence-electron chi connectivity index (χ4n) is 4.34. The van der Waals surface area contributed by atoms with Crippen LogP contribution >= 0.6 is 0 Å². The normalized spacial score (nSPS) is 15.7. The van der Waals surface area contributed by atoms with Gasteiger partial charge in [0.25, 0.3) is 0 Å². The quantitative estimate of drug-likeness (QED) is 0.462. The number of carbonyl (C=O) groups excluding carboxylic acids is 1. The third-order valence-electron chi connectivity index (χ3n) is 5.93. The van der Waals surface area contributed by atoms with Crippen LogP contribution in [0.1, 0.15) is 39.6 Å². The summed E-state index contributed by atoms with van der Waals surface area (Å²) in [7, 11) is 3.23. The van der Waals surface area contributed by atoms with E-state index < -0.39 is 0 Å². The van der Waals surface area contributed by atoms with E-state index in [0.29, 0.717) is 29.7 Å². The molecule has 4 aromatic rings. The van der Waals surface area contributed by atoms with Gasteiger partial charge in [-0.2, -0.15) is 5.10 Å². The Bertz CT molecular complexity index is 1300. The van der Waals surface area contributed by atoms with Gasteiger partial charge in [0, 0.05) is 19.7 Å². The Hall–Kier alpha value is -3.58. The molecule has 0 saturated heterocycles. The molecule has 1 aliphatic carbocycles. The summed E-state index contributed by atoms with van der Waals surface area (Å²) in [6.07, 6.45) is 2.83. The van der Waals surface area contributed by atoms with E-state index in [2.05, 4.69) is 5.10 Å². The number of hydrogen-bond acceptors (Lipinski definition) is 5. The van der Waals surface area contributed by atoms with E-state index in [1.54, 1.807) is 37.1 Å². The number of hydrogen-bond donors (Lipinski definition) is 0. The van der Waals surface area contributed by atoms with E-state index in [1.165, 1.54) is 12.1 Å². The van der Waals surface area contributed by atoms with Crippen LogP contribution in [-0.2, 0) is 17.8 Å². The minimum absolute atomic E-state index is 0.0477. The van der Waals surface area contributed by atoms with Crippen molar-refractivity contribution in [3.63, 3.8) is 0 Å². The van der Waals surface area contributed by atoms with Crippen molar-refractivity contribution in [2.75, 3.05) is 14.2 Å². The monoisotopic (exact) mass is 431 g/mol. The molecule has 1 atom stereocenters. The third kappa shape index (κ3) is 3.54. The van der Waals surface area contributed by atoms with Gasteiger partial charge < -0.3 is 9.47 Å². The standard InChI is InChI=1S/C25H22FN3O3/c1-31-14-22-24(16-3-7-18(26)8-4-16)25-27-21-11-17(15-5-9-19(32-2)10-6-15)12-23(30)20(21)13-29(25)28-22/h3-10,13,17H,11-12,14H2,1-2H3. The van der Waals surface area contributed by atoms with Gasteiger partial charge in [-0.05, 0) is 47.7 Å². The number of rotatable bonds is 5. The Kier molecular flexibility index (Phi) is 5.19. The smallest absolute Gasteiger partial charge is 0.166 e. The van der Waals surface area contributed by atoms with Crippen LogP contribution in [0.3, 0.4) is 0 Å². The van der Waals surface area contributed by atoms with E-state index in [1.807, 2.05) is 24.3 Å². The van der Waals surface area contributed by atoms with Crippen LogP contribution < -0.4 is 4.74 Å². The average Bonchev–Trinajstić information content (AvgIpc) is 3.15. The van der Waals surface area contributed by atoms with Gasteiger partial charge in [-0.1, -0.05) is 24.3 Å². The second-order valence-electron chi connectivity index (χ2n) is 7.93. The van der Waals surface area contributed by atoms with Gasteiger partial charge >= 0.3 is 0 Å². The number of ether oxygens (including phenoxy) is 2. The highest BCUT2D eigenvalue weighted by Gasteiger charge is 2.29. The lowest BCUT2D eigenvalue weighted by Gasteiger charge is -2.23. The van der Waals surface area contributed by atoms with Gasteiger partial charge in [-0.3, -0.25) is 4.79 Å². The molecule has 6 nitrogen and oxygen atoms in total. The molecule has 162 valence electrons. The van der Waals surface area contributed by atoms with E-state index >= 15 is 0 Å². The van der Waals surface area contributed by atoms with Crippen LogP contribution in [0.25, 0.3) is 16.8 Å². The molecule has 2 heterocycles. The molecule has 0 spiro atoms. The molecule has 0 radical (unpaired) electrons. The van der Waals surface area contributed by atoms with Crippen molar-refractivity contribution in [1.82, 2.24) is 14.6 Å². The summed E-state index contributed by atoms with van der Waals surface area (Å²) in [5, 5.41) is 4.61. The Morgan fingerprint density at radius 2 is 1.81 bits per heavy atom. The molecule has 2 aromatic carbocycles. The van der Waals surface area contributed by atoms with Gasteiger partial charge in [0.15, 0.2) is 11.4 Å². The second-order valence-corrected chi connectivity index (χ2v) is 7.93. The van der Waals surface area contributed by atoms with E-state index in [9.17, 15) is 9.18 Å². The molecule has 0 saturated carbocycles. The van der Waals surface area contributed by atoms with Crippen LogP contribution in [0.2, 0.25) is 0 Å². The highest BCUT2D eigenvalue weighted by Crippen LogP contribution is 2.35. The minimum Gasteiger partial charge on any atom is -0.497 e. The first-order chi connectivity index (χ1) is 15.6. The molecule has 1 unspecified atom stereocenters. The highest BCUT2D eigenvalue weighted by molar-refractivity contribution is 5.99. The number of halogens is 1. The highest BCUT2D eigenvalue weighted by atomic mass is 19.1. The number of Topliss-reactive ketones (excluding diaryl/α,β-unsaturated/α-hetero) is 1. The van der Waals surface area contributed by atoms with Gasteiger partial charge in [0.05, 0.1) is 36.2 Å². The minimum atomic E-state index is -0.309. The SMILES string of the molecule is COCc1nn2cc3c(nc2c1-c1ccc(F)cc1)CC(c1ccc(OC)cc1)CC3=O. The summed E-state index contributed by atoms with van der Waals surface area (Å²) < 4.78 is 25.7. The number of ketones is 1. The van der Waals surface area contributed by atoms with Crippen molar-refractivity contribution in [3.05, 3.63) is 83.1 Å². The average molecular weight is 431 g/mol. The molecule has 0 aliphatic heterocycles. The van der Waals surface area contributed by atoms with E-state index in [4.69, 9.17) is 14.5 Å². The Balaban J connectivity index is 1.61. The maximum Gasteiger partial charge on any atom is 0.166 e. The number of fused-ring (bicyclic) bond motifs is 2. The fraction of sp³-hybridized carbons (Fsp3) is 0.240. The summed E-state index contributed by atoms with van der Waals surface area (Å²) in [5.41, 5.74) is 5.34. The van der Waals surface area contributed by atoms with Crippen molar-refractivity contribution in [2.24, 2.45) is 0 Å². The Labute approximate surface area is 184 Å². The number of aromatic nitrogens is 3. The lowest BCUT2D eigenvalue weighted by atomic mass is 9.82. The predicted molar refractivity (Wildman–Crippen MR) is 117 cm³/mol. The van der Waals surface area contributed by atoms with Crippen LogP contribution in [0.4, 0.5) is 4.39 Å². The van der Waals surface area contributed by atoms with E-state index in [0.717, 1.165) is 28.1 Å². The molecule has 0 amide bonds. The summed E-state index contributed by atoms with van der Waals surface area (Å²) in [4.78, 5) is 17.9. The molecule has 5 rings (SSSR count). The summed E-state index contributed by atoms with van der Waals surface area (Å²) in [6, 6.07) is 14.1. The molecule has 0 fully saturated rings. The van der Waals surface area contributed by atoms with Crippen LogP contribution in [0.5, 0.6) is 5.75 Å². The summed E-state index contributed by atoms with van der Waals surface area (Å²) >= 11 is 0. The zero-order valence-electron chi connectivity index (χ0n) is 17.8. The van der Waals surface area contributed by atoms with Gasteiger partial charge in [0.1, 0.15) is 11.6 Å². The lowest BCUT2D eigenvalue weighted by molar-refractivity contribution is 0.0962. The van der Waals surface area contributed by atoms with Crippen LogP contribution in [-0.4, -0.2) is 34.6 Å². The van der Waals surface area contributed by atoms with Gasteiger partial charge in [0.2, 0.25) is 0 Å². The van der Waals surface area contributed by atoms with Crippen LogP contribution in [0.15, 0.2) is 54.7 Å². The molecular formula is C25H22FN3O3. The molecule has 0 N–H and O–H groups in total. The maximum absolute atomic E-state index is 13.5. The van der Waals surface area contributed by atoms with Crippen molar-refractivity contribution < 1.29 is 18.7 Å². The maximum atomic E-state index is 13.5. The second kappa shape index (κ2) is 8.16. The molecule has 32 heavy (non-hydrogen) atoms. The van der Waals surface area contributed by atoms with Crippen LogP contribution in [0, 0.1) is 5.82 Å². The van der Waals surface area contributed by atoms with E-state index in [-0.39, 0.29) is 24.1 Å². The zero-order chi connectivity index (χ0) is 22.2. The summed E-state index contributed by atoms with van der Waals surface area (Å²) in [5.74, 6) is 0.571. The first-order valence-corrected chi connectivity index (χ1v) is 10.4. The molecule has 2 aromatic heterocycles. The largest absolute Gasteiger partial charge is 0.497 e. The summed E-state index contributed by atoms with van der Waals surface area (Å²) in [6.45, 7) is 0.281. The predicted octanol–water partition coefficient (Wildman–Crippen LogP) is 4.60. The first kappa shape index (κ1) is 20.3. The topological polar surface area (TPSA) is 65.7 Å². The Morgan fingerprint density at radius 3 is 2.50 bits per heavy atom. The molecule has 7 heteroatoms. The zero-order valence-corrected chi connectivity index (χ0v) is 17.8. The number of nitrogens with zero attached hydrogens (tertiary/aromatic N) is 3. The number of carbonyl (C=O) groups is 1. The number of benzene rings is 2. The molecule has 0 bridgehead atoms. The van der Waals surface area contributed by atoms with Crippen molar-refractivity contribution >= 4 is 11.4 Å². The fourth-order valence-corrected chi connectivity index (χ4v) is 4.34. The van der Waals surface area contributed by atoms with Crippen molar-refractivity contribution in [1.29, 1.82) is 0 Å². The molecular weight excluding hydrogens is 409 g/mol. The van der Waals surface area contributed by atoms with Crippen molar-refractivity contribution in [3.8, 4) is 16.9 Å². The number of methoxy groups -OCH3 is 2. The first-order valence-electron chi connectivity index (χ1n) is 10.4. The third-order valence-corrected chi connectivity index (χ3v) is 5.93.